The van der Waals surface area contributed by atoms with Gasteiger partial charge in [-0.3, -0.25) is 5.10 Å². The van der Waals surface area contributed by atoms with Crippen molar-refractivity contribution in [2.45, 2.75) is 51.7 Å². The van der Waals surface area contributed by atoms with Crippen LogP contribution < -0.4 is 4.74 Å². The van der Waals surface area contributed by atoms with Gasteiger partial charge >= 0.3 is 0 Å². The molecule has 4 heteroatoms. The molecule has 1 aliphatic rings. The minimum Gasteiger partial charge on any atom is -0.490 e. The Kier molecular flexibility index (Phi) is 3.89. The van der Waals surface area contributed by atoms with E-state index in [0.717, 1.165) is 24.1 Å². The van der Waals surface area contributed by atoms with Crippen molar-refractivity contribution in [3.63, 3.8) is 0 Å². The lowest BCUT2D eigenvalue weighted by atomic mass is 9.92. The lowest BCUT2D eigenvalue weighted by Gasteiger charge is -2.33. The lowest BCUT2D eigenvalue weighted by Crippen LogP contribution is -2.37. The molecule has 0 bridgehead atoms. The Balaban J connectivity index is 1.83. The van der Waals surface area contributed by atoms with E-state index in [-0.39, 0.29) is 0 Å². The summed E-state index contributed by atoms with van der Waals surface area (Å²) < 4.78 is 6.36. The van der Waals surface area contributed by atoms with Gasteiger partial charge in [0.2, 0.25) is 0 Å². The number of aromatic nitrogens is 2. The molecule has 2 atom stereocenters. The summed E-state index contributed by atoms with van der Waals surface area (Å²) in [6.07, 6.45) is 7.04. The number of rotatable bonds is 3. The molecule has 2 aromatic rings. The second kappa shape index (κ2) is 5.68. The molecule has 3 rings (SSSR count). The van der Waals surface area contributed by atoms with Gasteiger partial charge in [0.1, 0.15) is 11.9 Å². The average Bonchev–Trinajstić information content (AvgIpc) is 2.95. The Hall–Kier alpha value is -1.55. The number of hydrogen-bond acceptors (Lipinski definition) is 3. The molecule has 4 nitrogen and oxygen atoms in total. The van der Waals surface area contributed by atoms with Gasteiger partial charge in [0.15, 0.2) is 0 Å². The smallest absolute Gasteiger partial charge is 0.123 e. The van der Waals surface area contributed by atoms with E-state index in [1.807, 2.05) is 6.20 Å². The largest absolute Gasteiger partial charge is 0.490 e. The van der Waals surface area contributed by atoms with E-state index < -0.39 is 0 Å². The maximum absolute atomic E-state index is 6.36. The molecule has 114 valence electrons. The third-order valence-corrected chi connectivity index (χ3v) is 4.78. The maximum atomic E-state index is 6.36. The van der Waals surface area contributed by atoms with Crippen molar-refractivity contribution in [2.75, 3.05) is 14.1 Å². The molecule has 2 unspecified atom stereocenters. The van der Waals surface area contributed by atoms with Crippen LogP contribution in [0, 0.1) is 13.8 Å². The van der Waals surface area contributed by atoms with Crippen LogP contribution in [0.5, 0.6) is 5.75 Å². The van der Waals surface area contributed by atoms with E-state index in [1.54, 1.807) is 0 Å². The van der Waals surface area contributed by atoms with E-state index in [0.29, 0.717) is 12.1 Å². The van der Waals surface area contributed by atoms with Crippen LogP contribution in [0.3, 0.4) is 0 Å². The van der Waals surface area contributed by atoms with Gasteiger partial charge < -0.3 is 9.64 Å². The summed E-state index contributed by atoms with van der Waals surface area (Å²) in [7, 11) is 4.33. The Morgan fingerprint density at radius 1 is 1.29 bits per heavy atom. The Morgan fingerprint density at radius 3 is 2.86 bits per heavy atom. The van der Waals surface area contributed by atoms with E-state index in [9.17, 15) is 0 Å². The van der Waals surface area contributed by atoms with Crippen molar-refractivity contribution < 1.29 is 4.74 Å². The zero-order valence-corrected chi connectivity index (χ0v) is 13.4. The number of aryl methyl sites for hydroxylation is 2. The second-order valence-electron chi connectivity index (χ2n) is 6.50. The van der Waals surface area contributed by atoms with Gasteiger partial charge in [0.25, 0.3) is 0 Å². The van der Waals surface area contributed by atoms with Crippen molar-refractivity contribution in [1.82, 2.24) is 15.1 Å². The Morgan fingerprint density at radius 2 is 2.10 bits per heavy atom. The molecule has 1 aromatic carbocycles. The number of aromatic amines is 1. The summed E-state index contributed by atoms with van der Waals surface area (Å²) in [6.45, 7) is 4.23. The van der Waals surface area contributed by atoms with Gasteiger partial charge in [-0.05, 0) is 65.3 Å². The van der Waals surface area contributed by atoms with Gasteiger partial charge in [-0.25, -0.2) is 0 Å². The zero-order valence-electron chi connectivity index (χ0n) is 13.4. The molecular formula is C17H25N3O. The van der Waals surface area contributed by atoms with Crippen molar-refractivity contribution in [3.8, 4) is 5.75 Å². The van der Waals surface area contributed by atoms with Crippen LogP contribution in [0.4, 0.5) is 0 Å². The molecule has 1 N–H and O–H groups in total. The number of ether oxygens (including phenoxy) is 1. The van der Waals surface area contributed by atoms with E-state index in [1.165, 1.54) is 29.4 Å². The van der Waals surface area contributed by atoms with Crippen molar-refractivity contribution in [3.05, 3.63) is 23.4 Å². The second-order valence-corrected chi connectivity index (χ2v) is 6.50. The van der Waals surface area contributed by atoms with Crippen LogP contribution in [-0.2, 0) is 0 Å². The van der Waals surface area contributed by atoms with Gasteiger partial charge in [-0.2, -0.15) is 5.10 Å². The first-order chi connectivity index (χ1) is 10.1. The zero-order chi connectivity index (χ0) is 15.0. The predicted octanol–water partition coefficient (Wildman–Crippen LogP) is 3.43. The Labute approximate surface area is 126 Å². The highest BCUT2D eigenvalue weighted by atomic mass is 16.5. The first-order valence-corrected chi connectivity index (χ1v) is 7.82. The fourth-order valence-corrected chi connectivity index (χ4v) is 3.38. The van der Waals surface area contributed by atoms with Crippen LogP contribution in [-0.4, -0.2) is 41.3 Å². The van der Waals surface area contributed by atoms with E-state index >= 15 is 0 Å². The molecule has 1 aromatic heterocycles. The van der Waals surface area contributed by atoms with Gasteiger partial charge in [0, 0.05) is 17.0 Å². The predicted molar refractivity (Wildman–Crippen MR) is 85.9 cm³/mol. The number of nitrogens with zero attached hydrogens (tertiary/aromatic N) is 2. The number of H-pyrrole nitrogens is 1. The average molecular weight is 287 g/mol. The van der Waals surface area contributed by atoms with E-state index in [4.69, 9.17) is 4.74 Å². The third-order valence-electron chi connectivity index (χ3n) is 4.78. The van der Waals surface area contributed by atoms with Crippen LogP contribution >= 0.6 is 0 Å². The minimum atomic E-state index is 0.327. The standard InChI is InChI=1S/C17H25N3O/c1-11-8-16(12(2)15-10-18-19-17(11)15)21-14-7-5-6-13(9-14)20(3)4/h8,10,13-14H,5-7,9H2,1-4H3,(H,18,19). The number of hydrogen-bond donors (Lipinski definition) is 1. The summed E-state index contributed by atoms with van der Waals surface area (Å²) in [6, 6.07) is 2.79. The molecule has 1 aliphatic carbocycles. The fourth-order valence-electron chi connectivity index (χ4n) is 3.38. The molecule has 1 saturated carbocycles. The monoisotopic (exact) mass is 287 g/mol. The quantitative estimate of drug-likeness (QED) is 0.940. The SMILES string of the molecule is Cc1c(OC2CCCC(N(C)C)C2)cc(C)c2[nH]ncc12. The molecule has 1 heterocycles. The first kappa shape index (κ1) is 14.4. The summed E-state index contributed by atoms with van der Waals surface area (Å²) in [5.41, 5.74) is 3.51. The van der Waals surface area contributed by atoms with Crippen LogP contribution in [0.25, 0.3) is 10.9 Å². The third kappa shape index (κ3) is 2.77. The molecule has 0 aliphatic heterocycles. The first-order valence-electron chi connectivity index (χ1n) is 7.82. The molecular weight excluding hydrogens is 262 g/mol. The molecule has 0 saturated heterocycles. The lowest BCUT2D eigenvalue weighted by molar-refractivity contribution is 0.0998. The summed E-state index contributed by atoms with van der Waals surface area (Å²) in [5, 5.41) is 8.40. The van der Waals surface area contributed by atoms with Crippen LogP contribution in [0.2, 0.25) is 0 Å². The van der Waals surface area contributed by atoms with Crippen LogP contribution in [0.15, 0.2) is 12.3 Å². The van der Waals surface area contributed by atoms with Gasteiger partial charge in [-0.15, -0.1) is 0 Å². The van der Waals surface area contributed by atoms with Crippen LogP contribution in [0.1, 0.15) is 36.8 Å². The van der Waals surface area contributed by atoms with Crippen molar-refractivity contribution >= 4 is 10.9 Å². The highest BCUT2D eigenvalue weighted by Crippen LogP contribution is 2.32. The summed E-state index contributed by atoms with van der Waals surface area (Å²) in [4.78, 5) is 2.33. The molecule has 1 fully saturated rings. The molecule has 0 radical (unpaired) electrons. The normalized spacial score (nSPS) is 22.9. The number of nitrogens with one attached hydrogen (secondary N) is 1. The Bertz CT molecular complexity index is 632. The summed E-state index contributed by atoms with van der Waals surface area (Å²) >= 11 is 0. The highest BCUT2D eigenvalue weighted by molar-refractivity contribution is 5.86. The molecule has 0 amide bonds. The summed E-state index contributed by atoms with van der Waals surface area (Å²) in [5.74, 6) is 1.02. The topological polar surface area (TPSA) is 41.1 Å². The van der Waals surface area contributed by atoms with Crippen molar-refractivity contribution in [1.29, 1.82) is 0 Å². The molecule has 0 spiro atoms. The number of fused-ring (bicyclic) bond motifs is 1. The number of benzene rings is 1. The molecule has 21 heavy (non-hydrogen) atoms. The van der Waals surface area contributed by atoms with Crippen molar-refractivity contribution in [2.24, 2.45) is 0 Å². The highest BCUT2D eigenvalue weighted by Gasteiger charge is 2.25. The van der Waals surface area contributed by atoms with Gasteiger partial charge in [0.05, 0.1) is 11.7 Å². The van der Waals surface area contributed by atoms with Gasteiger partial charge in [-0.1, -0.05) is 0 Å². The van der Waals surface area contributed by atoms with E-state index in [2.05, 4.69) is 49.1 Å². The maximum Gasteiger partial charge on any atom is 0.123 e. The fraction of sp³-hybridized carbons (Fsp3) is 0.588. The minimum absolute atomic E-state index is 0.327.